The van der Waals surface area contributed by atoms with Gasteiger partial charge in [-0.05, 0) is 5.75 Å². The van der Waals surface area contributed by atoms with Crippen LogP contribution in [0, 0.1) is 0 Å². The zero-order chi connectivity index (χ0) is 31.7. The van der Waals surface area contributed by atoms with Crippen LogP contribution in [0.2, 0.25) is 0 Å². The van der Waals surface area contributed by atoms with Crippen molar-refractivity contribution in [2.75, 3.05) is 18.1 Å². The van der Waals surface area contributed by atoms with Gasteiger partial charge in [0, 0.05) is 42.0 Å². The van der Waals surface area contributed by atoms with Gasteiger partial charge in [-0.3, -0.25) is 24.1 Å². The molecule has 5 N–H and O–H groups in total. The van der Waals surface area contributed by atoms with Crippen molar-refractivity contribution >= 4 is 57.7 Å². The predicted molar refractivity (Wildman–Crippen MR) is 147 cm³/mol. The van der Waals surface area contributed by atoms with Gasteiger partial charge in [0.1, 0.15) is 40.8 Å². The first-order valence-electron chi connectivity index (χ1n) is 12.3. The molecule has 2 amide bonds. The summed E-state index contributed by atoms with van der Waals surface area (Å²) in [4.78, 5) is 71.4. The summed E-state index contributed by atoms with van der Waals surface area (Å²) < 4.78 is 10.4. The molecule has 230 valence electrons. The second-order valence-electron chi connectivity index (χ2n) is 9.09. The van der Waals surface area contributed by atoms with Crippen LogP contribution in [0.4, 0.5) is 5.13 Å². The van der Waals surface area contributed by atoms with E-state index in [-0.39, 0.29) is 63.9 Å². The summed E-state index contributed by atoms with van der Waals surface area (Å²) in [6.07, 6.45) is 0.676. The lowest BCUT2D eigenvalue weighted by molar-refractivity contribution is -0.271. The Morgan fingerprint density at radius 3 is 2.75 bits per heavy atom. The van der Waals surface area contributed by atoms with Crippen molar-refractivity contribution < 1.29 is 48.7 Å². The molecule has 1 saturated heterocycles. The number of nitrogens with two attached hydrogens (primary N) is 1. The van der Waals surface area contributed by atoms with E-state index in [0.29, 0.717) is 10.9 Å². The lowest BCUT2D eigenvalue weighted by Gasteiger charge is -2.49. The Balaban J connectivity index is 1.30. The fourth-order valence-corrected chi connectivity index (χ4v) is 6.03. The fraction of sp³-hybridized carbons (Fsp3) is 0.250. The summed E-state index contributed by atoms with van der Waals surface area (Å²) in [5, 5.41) is 41.9. The van der Waals surface area contributed by atoms with Gasteiger partial charge in [0.2, 0.25) is 0 Å². The van der Waals surface area contributed by atoms with Crippen LogP contribution in [-0.2, 0) is 35.4 Å². The van der Waals surface area contributed by atoms with Gasteiger partial charge in [0.15, 0.2) is 28.6 Å². The minimum Gasteiger partial charge on any atom is -0.869 e. The number of oxime groups is 1. The molecule has 0 radical (unpaired) electrons. The topological polar surface area (TPSA) is 265 Å². The molecule has 0 unspecified atom stereocenters. The Hall–Kier alpha value is -5.37. The first kappa shape index (κ1) is 30.1. The van der Waals surface area contributed by atoms with Crippen molar-refractivity contribution in [3.05, 3.63) is 56.7 Å². The molecule has 18 nitrogen and oxygen atoms in total. The number of nitrogens with one attached hydrogen (secondary N) is 1. The van der Waals surface area contributed by atoms with Crippen molar-refractivity contribution in [2.45, 2.75) is 24.9 Å². The number of hydrogen-bond acceptors (Lipinski definition) is 16. The minimum absolute atomic E-state index is 0.00115. The molecule has 5 rings (SSSR count). The van der Waals surface area contributed by atoms with Crippen molar-refractivity contribution in [1.29, 1.82) is 0 Å². The SMILES string of the molecule is CC(=O)OCC1=C(C(=O)O)N2C(=O)[C@@H](NC(=O)/C(=N\OCc3cc(-c4cc(=O)c([O-])cn4O)no3)c3csc(N)n3)[C@H]2SC1. The Labute approximate surface area is 253 Å². The first-order chi connectivity index (χ1) is 20.9. The highest BCUT2D eigenvalue weighted by Gasteiger charge is 2.54. The Bertz CT molecular complexity index is 1790. The number of carbonyl (C=O) groups excluding carboxylic acids is 3. The van der Waals surface area contributed by atoms with E-state index in [1.807, 2.05) is 0 Å². The van der Waals surface area contributed by atoms with Gasteiger partial charge in [0.05, 0.1) is 0 Å². The number of carboxylic acids is 1. The summed E-state index contributed by atoms with van der Waals surface area (Å²) in [5.41, 5.74) is 4.31. The molecule has 3 aromatic heterocycles. The number of carbonyl (C=O) groups is 4. The molecule has 0 aromatic carbocycles. The number of hydrogen-bond donors (Lipinski definition) is 4. The second-order valence-corrected chi connectivity index (χ2v) is 11.1. The number of amides is 2. The van der Waals surface area contributed by atoms with Gasteiger partial charge in [-0.1, -0.05) is 10.3 Å². The maximum absolute atomic E-state index is 13.3. The molecule has 2 atom stereocenters. The highest BCUT2D eigenvalue weighted by atomic mass is 32.2. The second kappa shape index (κ2) is 12.1. The van der Waals surface area contributed by atoms with Crippen LogP contribution in [0.15, 0.2) is 49.5 Å². The maximum atomic E-state index is 13.3. The number of aliphatic carboxylic acids is 1. The number of anilines is 1. The largest absolute Gasteiger partial charge is 0.869 e. The lowest BCUT2D eigenvalue weighted by Crippen LogP contribution is -2.71. The summed E-state index contributed by atoms with van der Waals surface area (Å²) >= 11 is 2.19. The van der Waals surface area contributed by atoms with Crippen LogP contribution in [0.1, 0.15) is 18.4 Å². The summed E-state index contributed by atoms with van der Waals surface area (Å²) in [6, 6.07) is 1.06. The molecule has 2 aliphatic rings. The van der Waals surface area contributed by atoms with E-state index in [1.54, 1.807) is 0 Å². The maximum Gasteiger partial charge on any atom is 0.352 e. The van der Waals surface area contributed by atoms with E-state index in [1.165, 1.54) is 30.1 Å². The van der Waals surface area contributed by atoms with Gasteiger partial charge in [0.25, 0.3) is 11.8 Å². The average Bonchev–Trinajstić information content (AvgIpc) is 3.62. The van der Waals surface area contributed by atoms with Crippen LogP contribution in [-0.4, -0.2) is 83.3 Å². The van der Waals surface area contributed by atoms with Crippen molar-refractivity contribution in [2.24, 2.45) is 5.16 Å². The van der Waals surface area contributed by atoms with Gasteiger partial charge in [-0.2, -0.15) is 4.73 Å². The van der Waals surface area contributed by atoms with E-state index in [2.05, 4.69) is 20.6 Å². The molecule has 0 bridgehead atoms. The van der Waals surface area contributed by atoms with Gasteiger partial charge in [-0.15, -0.1) is 23.1 Å². The van der Waals surface area contributed by atoms with E-state index >= 15 is 0 Å². The third-order valence-electron chi connectivity index (χ3n) is 6.15. The van der Waals surface area contributed by atoms with Crippen LogP contribution in [0.5, 0.6) is 5.75 Å². The molecular formula is C24H20N7O11S2-. The van der Waals surface area contributed by atoms with Crippen molar-refractivity contribution in [3.8, 4) is 17.1 Å². The number of aromatic nitrogens is 3. The lowest BCUT2D eigenvalue weighted by atomic mass is 10.0. The number of carboxylic acid groups (broad SMARTS) is 1. The summed E-state index contributed by atoms with van der Waals surface area (Å²) in [7, 11) is 0. The Morgan fingerprint density at radius 1 is 1.30 bits per heavy atom. The van der Waals surface area contributed by atoms with Crippen molar-refractivity contribution in [1.82, 2.24) is 25.1 Å². The van der Waals surface area contributed by atoms with E-state index < -0.39 is 46.3 Å². The molecule has 0 saturated carbocycles. The van der Waals surface area contributed by atoms with E-state index in [9.17, 15) is 39.4 Å². The number of β-lactam (4-membered cyclic amide) rings is 1. The number of pyridine rings is 1. The number of fused-ring (bicyclic) bond motifs is 1. The number of esters is 1. The first-order valence-corrected chi connectivity index (χ1v) is 14.2. The fourth-order valence-electron chi connectivity index (χ4n) is 4.15. The zero-order valence-corrected chi connectivity index (χ0v) is 23.9. The molecule has 2 aliphatic heterocycles. The molecule has 20 heteroatoms. The molecule has 1 fully saturated rings. The Morgan fingerprint density at radius 2 is 2.07 bits per heavy atom. The summed E-state index contributed by atoms with van der Waals surface area (Å²) in [6.45, 7) is 0.494. The summed E-state index contributed by atoms with van der Waals surface area (Å²) in [5.74, 6) is -4.30. The van der Waals surface area contributed by atoms with Gasteiger partial charge < -0.3 is 40.6 Å². The molecule has 5 heterocycles. The monoisotopic (exact) mass is 646 g/mol. The number of rotatable bonds is 10. The van der Waals surface area contributed by atoms with E-state index in [4.69, 9.17) is 19.8 Å². The van der Waals surface area contributed by atoms with Crippen LogP contribution < -0.4 is 21.6 Å². The smallest absolute Gasteiger partial charge is 0.352 e. The Kier molecular flexibility index (Phi) is 8.27. The molecule has 0 aliphatic carbocycles. The van der Waals surface area contributed by atoms with Crippen LogP contribution in [0.3, 0.4) is 0 Å². The minimum atomic E-state index is -1.38. The zero-order valence-electron chi connectivity index (χ0n) is 22.3. The van der Waals surface area contributed by atoms with E-state index in [0.717, 1.165) is 22.3 Å². The van der Waals surface area contributed by atoms with Crippen LogP contribution in [0.25, 0.3) is 11.4 Å². The van der Waals surface area contributed by atoms with Gasteiger partial charge in [-0.25, -0.2) is 9.78 Å². The number of thiazole rings is 1. The average molecular weight is 647 g/mol. The number of nitrogen functional groups attached to an aromatic ring is 1. The molecule has 3 aromatic rings. The third-order valence-corrected chi connectivity index (χ3v) is 8.16. The highest BCUT2D eigenvalue weighted by molar-refractivity contribution is 8.00. The predicted octanol–water partition coefficient (Wildman–Crippen LogP) is -0.924. The normalized spacial score (nSPS) is 18.0. The number of nitrogens with zero attached hydrogens (tertiary/aromatic N) is 5. The number of thioether (sulfide) groups is 1. The standard InChI is InChI=1S/C24H21N7O11S2/c1-9(32)40-5-10-7-43-22-18(21(36)31(22)19(10)23(37)38)27-20(35)17(13-8-44-24(25)26-13)29-41-6-11-2-12(28-42-11)14-3-15(33)16(34)4-30(14)39/h2-4,8,18,22,34,39H,5-7H2,1H3,(H2,25,26)(H,27,35)(H,37,38)/p-1/b29-17-/t18-,22-/m1/s1. The van der Waals surface area contributed by atoms with Crippen LogP contribution >= 0.6 is 23.1 Å². The molecular weight excluding hydrogens is 626 g/mol. The third kappa shape index (κ3) is 5.92. The van der Waals surface area contributed by atoms with Crippen molar-refractivity contribution in [3.63, 3.8) is 0 Å². The highest BCUT2D eigenvalue weighted by Crippen LogP contribution is 2.40. The van der Waals surface area contributed by atoms with Gasteiger partial charge >= 0.3 is 11.9 Å². The quantitative estimate of drug-likeness (QED) is 0.0682. The molecule has 0 spiro atoms. The number of ether oxygens (including phenoxy) is 1. The molecule has 44 heavy (non-hydrogen) atoms.